The van der Waals surface area contributed by atoms with Crippen molar-refractivity contribution < 1.29 is 9.47 Å². The van der Waals surface area contributed by atoms with Crippen molar-refractivity contribution in [3.63, 3.8) is 0 Å². The molecule has 0 aromatic carbocycles. The van der Waals surface area contributed by atoms with Gasteiger partial charge in [-0.15, -0.1) is 4.98 Å². The van der Waals surface area contributed by atoms with Gasteiger partial charge in [0, 0.05) is 0 Å². The summed E-state index contributed by atoms with van der Waals surface area (Å²) < 4.78 is 10.4. The van der Waals surface area contributed by atoms with Crippen LogP contribution < -0.4 is 9.47 Å². The maximum absolute atomic E-state index is 5.68. The molecule has 6 heteroatoms. The van der Waals surface area contributed by atoms with Gasteiger partial charge in [-0.3, -0.25) is 0 Å². The Morgan fingerprint density at radius 1 is 1.13 bits per heavy atom. The summed E-state index contributed by atoms with van der Waals surface area (Å²) in [6.45, 7) is 6.92. The van der Waals surface area contributed by atoms with Gasteiger partial charge in [0.25, 0.3) is 0 Å². The molecule has 0 atom stereocenters. The Bertz CT molecular complexity index is 320. The fraction of sp³-hybridized carbons (Fsp3) is 0.667. The van der Waals surface area contributed by atoms with Crippen LogP contribution in [0.4, 0.5) is 0 Å². The monoisotopic (exact) mass is 231 g/mol. The topological polar surface area (TPSA) is 57.1 Å². The maximum atomic E-state index is 5.68. The highest BCUT2D eigenvalue weighted by molar-refractivity contribution is 6.28. The summed E-state index contributed by atoms with van der Waals surface area (Å²) >= 11 is 5.68. The predicted octanol–water partition coefficient (Wildman–Crippen LogP) is 1.96. The molecule has 0 N–H and O–H groups in total. The highest BCUT2D eigenvalue weighted by atomic mass is 35.5. The standard InChI is InChI=1S/C9H14ClN3O2/c1-4-14-8-11-7(10)12-9(13-8)15-5-6(2)3/h6H,4-5H2,1-3H3. The molecular weight excluding hydrogens is 218 g/mol. The van der Waals surface area contributed by atoms with Crippen molar-refractivity contribution in [2.24, 2.45) is 5.92 Å². The smallest absolute Gasteiger partial charge is 0.323 e. The first-order chi connectivity index (χ1) is 7.11. The molecule has 0 saturated heterocycles. The van der Waals surface area contributed by atoms with Crippen LogP contribution in [-0.4, -0.2) is 28.2 Å². The summed E-state index contributed by atoms with van der Waals surface area (Å²) in [5.74, 6) is 0.399. The van der Waals surface area contributed by atoms with E-state index in [0.29, 0.717) is 19.1 Å². The van der Waals surface area contributed by atoms with Gasteiger partial charge in [-0.25, -0.2) is 0 Å². The highest BCUT2D eigenvalue weighted by Gasteiger charge is 2.07. The van der Waals surface area contributed by atoms with Gasteiger partial charge in [0.1, 0.15) is 0 Å². The van der Waals surface area contributed by atoms with Gasteiger partial charge in [-0.1, -0.05) is 13.8 Å². The quantitative estimate of drug-likeness (QED) is 0.775. The highest BCUT2D eigenvalue weighted by Crippen LogP contribution is 2.13. The second-order valence-corrected chi connectivity index (χ2v) is 3.65. The second kappa shape index (κ2) is 5.70. The van der Waals surface area contributed by atoms with Crippen molar-refractivity contribution in [3.8, 4) is 12.0 Å². The molecule has 1 rings (SSSR count). The SMILES string of the molecule is CCOc1nc(Cl)nc(OCC(C)C)n1. The minimum Gasteiger partial charge on any atom is -0.464 e. The first-order valence-corrected chi connectivity index (χ1v) is 5.16. The first kappa shape index (κ1) is 12.0. The van der Waals surface area contributed by atoms with E-state index in [1.807, 2.05) is 20.8 Å². The van der Waals surface area contributed by atoms with Crippen molar-refractivity contribution in [2.75, 3.05) is 13.2 Å². The Balaban J connectivity index is 2.70. The Morgan fingerprint density at radius 3 is 2.27 bits per heavy atom. The molecule has 0 spiro atoms. The molecule has 0 bridgehead atoms. The van der Waals surface area contributed by atoms with E-state index in [9.17, 15) is 0 Å². The van der Waals surface area contributed by atoms with E-state index in [0.717, 1.165) is 0 Å². The molecule has 0 radical (unpaired) electrons. The number of nitrogens with zero attached hydrogens (tertiary/aromatic N) is 3. The molecule has 0 aliphatic heterocycles. The van der Waals surface area contributed by atoms with Gasteiger partial charge < -0.3 is 9.47 Å². The third-order valence-corrected chi connectivity index (χ3v) is 1.56. The van der Waals surface area contributed by atoms with E-state index in [-0.39, 0.29) is 17.3 Å². The molecule has 0 fully saturated rings. The summed E-state index contributed by atoms with van der Waals surface area (Å²) in [5.41, 5.74) is 0. The molecule has 1 heterocycles. The Kier molecular flexibility index (Phi) is 4.55. The van der Waals surface area contributed by atoms with Crippen LogP contribution in [-0.2, 0) is 0 Å². The molecule has 5 nitrogen and oxygen atoms in total. The third kappa shape index (κ3) is 4.29. The van der Waals surface area contributed by atoms with Gasteiger partial charge in [-0.2, -0.15) is 9.97 Å². The molecule has 84 valence electrons. The lowest BCUT2D eigenvalue weighted by Gasteiger charge is -2.07. The molecule has 0 unspecified atom stereocenters. The van der Waals surface area contributed by atoms with E-state index in [4.69, 9.17) is 21.1 Å². The van der Waals surface area contributed by atoms with Crippen LogP contribution in [0.5, 0.6) is 12.0 Å². The summed E-state index contributed by atoms with van der Waals surface area (Å²) in [6.07, 6.45) is 0. The molecular formula is C9H14ClN3O2. The van der Waals surface area contributed by atoms with Crippen molar-refractivity contribution in [1.82, 2.24) is 15.0 Å². The summed E-state index contributed by atoms with van der Waals surface area (Å²) in [6, 6.07) is 0.392. The zero-order valence-corrected chi connectivity index (χ0v) is 9.78. The summed E-state index contributed by atoms with van der Waals surface area (Å²) in [7, 11) is 0. The lowest BCUT2D eigenvalue weighted by atomic mass is 10.2. The average molecular weight is 232 g/mol. The number of aromatic nitrogens is 3. The molecule has 15 heavy (non-hydrogen) atoms. The fourth-order valence-corrected chi connectivity index (χ4v) is 0.959. The van der Waals surface area contributed by atoms with Crippen molar-refractivity contribution >= 4 is 11.6 Å². The van der Waals surface area contributed by atoms with Gasteiger partial charge in [0.2, 0.25) is 5.28 Å². The Labute approximate surface area is 93.8 Å². The molecule has 0 aliphatic carbocycles. The van der Waals surface area contributed by atoms with Gasteiger partial charge in [0.15, 0.2) is 0 Å². The van der Waals surface area contributed by atoms with Crippen molar-refractivity contribution in [1.29, 1.82) is 0 Å². The fourth-order valence-electron chi connectivity index (χ4n) is 0.814. The zero-order chi connectivity index (χ0) is 11.3. The van der Waals surface area contributed by atoms with Crippen LogP contribution >= 0.6 is 11.6 Å². The van der Waals surface area contributed by atoms with Crippen molar-refractivity contribution in [3.05, 3.63) is 5.28 Å². The lowest BCUT2D eigenvalue weighted by Crippen LogP contribution is -2.08. The Morgan fingerprint density at radius 2 is 1.73 bits per heavy atom. The number of hydrogen-bond donors (Lipinski definition) is 0. The Hall–Kier alpha value is -1.10. The van der Waals surface area contributed by atoms with Crippen molar-refractivity contribution in [2.45, 2.75) is 20.8 Å². The van der Waals surface area contributed by atoms with Crippen LogP contribution in [0.25, 0.3) is 0 Å². The largest absolute Gasteiger partial charge is 0.464 e. The zero-order valence-electron chi connectivity index (χ0n) is 9.03. The normalized spacial score (nSPS) is 10.5. The third-order valence-electron chi connectivity index (χ3n) is 1.39. The van der Waals surface area contributed by atoms with Crippen LogP contribution in [0.2, 0.25) is 5.28 Å². The van der Waals surface area contributed by atoms with Crippen LogP contribution in [0, 0.1) is 5.92 Å². The van der Waals surface area contributed by atoms with Gasteiger partial charge in [0.05, 0.1) is 13.2 Å². The second-order valence-electron chi connectivity index (χ2n) is 3.31. The first-order valence-electron chi connectivity index (χ1n) is 4.79. The minimum absolute atomic E-state index is 0.0761. The van der Waals surface area contributed by atoms with E-state index in [1.54, 1.807) is 0 Å². The summed E-state index contributed by atoms with van der Waals surface area (Å²) in [5, 5.41) is 0.0761. The number of hydrogen-bond acceptors (Lipinski definition) is 5. The summed E-state index contributed by atoms with van der Waals surface area (Å²) in [4.78, 5) is 11.6. The van der Waals surface area contributed by atoms with E-state index < -0.39 is 0 Å². The van der Waals surface area contributed by atoms with Crippen LogP contribution in [0.3, 0.4) is 0 Å². The molecule has 0 amide bonds. The number of ether oxygens (including phenoxy) is 2. The van der Waals surface area contributed by atoms with Crippen LogP contribution in [0.15, 0.2) is 0 Å². The van der Waals surface area contributed by atoms with Gasteiger partial charge >= 0.3 is 12.0 Å². The van der Waals surface area contributed by atoms with E-state index >= 15 is 0 Å². The van der Waals surface area contributed by atoms with Crippen LogP contribution in [0.1, 0.15) is 20.8 Å². The predicted molar refractivity (Wildman–Crippen MR) is 56.3 cm³/mol. The number of halogens is 1. The van der Waals surface area contributed by atoms with E-state index in [1.165, 1.54) is 0 Å². The molecule has 0 aliphatic rings. The molecule has 1 aromatic heterocycles. The average Bonchev–Trinajstić information content (AvgIpc) is 2.14. The molecule has 1 aromatic rings. The molecule has 0 saturated carbocycles. The number of rotatable bonds is 5. The maximum Gasteiger partial charge on any atom is 0.323 e. The van der Waals surface area contributed by atoms with Gasteiger partial charge in [-0.05, 0) is 24.4 Å². The van der Waals surface area contributed by atoms with E-state index in [2.05, 4.69) is 15.0 Å². The lowest BCUT2D eigenvalue weighted by molar-refractivity contribution is 0.239. The minimum atomic E-state index is 0.0761.